The fourth-order valence-corrected chi connectivity index (χ4v) is 2.90. The van der Waals surface area contributed by atoms with Crippen LogP contribution in [-0.2, 0) is 5.33 Å². The highest BCUT2D eigenvalue weighted by atomic mass is 79.9. The van der Waals surface area contributed by atoms with Gasteiger partial charge in [0, 0.05) is 16.5 Å². The summed E-state index contributed by atoms with van der Waals surface area (Å²) in [5.74, 6) is -0.377. The summed E-state index contributed by atoms with van der Waals surface area (Å²) in [6.45, 7) is 0. The summed E-state index contributed by atoms with van der Waals surface area (Å²) in [6, 6.07) is 8.01. The molecule has 0 bridgehead atoms. The maximum atomic E-state index is 14.0. The van der Waals surface area contributed by atoms with E-state index in [1.165, 1.54) is 6.07 Å². The Labute approximate surface area is 128 Å². The Morgan fingerprint density at radius 1 is 0.944 bits per heavy atom. The minimum atomic E-state index is -0.377. The van der Waals surface area contributed by atoms with Crippen LogP contribution in [0.15, 0.2) is 30.3 Å². The van der Waals surface area contributed by atoms with Gasteiger partial charge in [-0.3, -0.25) is 0 Å². The molecule has 0 unspecified atom stereocenters. The highest BCUT2D eigenvalue weighted by molar-refractivity contribution is 9.08. The number of benzene rings is 2. The molecule has 0 atom stereocenters. The van der Waals surface area contributed by atoms with Gasteiger partial charge in [0.05, 0.1) is 15.1 Å². The van der Waals surface area contributed by atoms with Crippen molar-refractivity contribution in [3.05, 3.63) is 56.8 Å². The molecule has 0 amide bonds. The molecule has 0 nitrogen and oxygen atoms in total. The number of halogens is 5. The molecule has 0 heterocycles. The monoisotopic (exact) mass is 366 g/mol. The summed E-state index contributed by atoms with van der Waals surface area (Å²) in [4.78, 5) is 0. The van der Waals surface area contributed by atoms with Crippen LogP contribution in [-0.4, -0.2) is 0 Å². The lowest BCUT2D eigenvalue weighted by molar-refractivity contribution is 0.630. The molecule has 2 aromatic rings. The van der Waals surface area contributed by atoms with Gasteiger partial charge >= 0.3 is 0 Å². The first kappa shape index (κ1) is 14.1. The normalized spacial score (nSPS) is 10.7. The van der Waals surface area contributed by atoms with Crippen molar-refractivity contribution < 1.29 is 4.39 Å². The van der Waals surface area contributed by atoms with Crippen LogP contribution in [0.4, 0.5) is 4.39 Å². The Balaban J connectivity index is 2.81. The third-order valence-corrected chi connectivity index (χ3v) is 4.26. The first-order valence-corrected chi connectivity index (χ1v) is 7.29. The molecular weight excluding hydrogens is 361 g/mol. The SMILES string of the molecule is Fc1cccc(CBr)c1-c1c(Cl)ccc(Cl)c1Cl. The summed E-state index contributed by atoms with van der Waals surface area (Å²) in [5, 5.41) is 1.48. The highest BCUT2D eigenvalue weighted by Gasteiger charge is 2.18. The lowest BCUT2D eigenvalue weighted by atomic mass is 10.00. The van der Waals surface area contributed by atoms with Gasteiger partial charge in [-0.05, 0) is 23.8 Å². The van der Waals surface area contributed by atoms with Crippen molar-refractivity contribution in [2.75, 3.05) is 0 Å². The predicted octanol–water partition coefficient (Wildman–Crippen LogP) is 6.35. The lowest BCUT2D eigenvalue weighted by Crippen LogP contribution is -1.93. The molecule has 0 saturated carbocycles. The Morgan fingerprint density at radius 3 is 2.28 bits per heavy atom. The van der Waals surface area contributed by atoms with Crippen molar-refractivity contribution in [1.82, 2.24) is 0 Å². The second-order valence-corrected chi connectivity index (χ2v) is 5.38. The second kappa shape index (κ2) is 5.79. The summed E-state index contributed by atoms with van der Waals surface area (Å²) < 4.78 is 14.0. The first-order valence-electron chi connectivity index (χ1n) is 5.03. The van der Waals surface area contributed by atoms with E-state index in [9.17, 15) is 4.39 Å². The van der Waals surface area contributed by atoms with Gasteiger partial charge in [-0.25, -0.2) is 4.39 Å². The fourth-order valence-electron chi connectivity index (χ4n) is 1.72. The molecule has 0 aliphatic rings. The molecular formula is C13H7BrCl3F. The van der Waals surface area contributed by atoms with Gasteiger partial charge in [0.2, 0.25) is 0 Å². The van der Waals surface area contributed by atoms with Crippen LogP contribution in [0.1, 0.15) is 5.56 Å². The zero-order valence-corrected chi connectivity index (χ0v) is 12.8. The number of hydrogen-bond acceptors (Lipinski definition) is 0. The maximum Gasteiger partial charge on any atom is 0.131 e. The van der Waals surface area contributed by atoms with Crippen LogP contribution >= 0.6 is 50.7 Å². The molecule has 0 saturated heterocycles. The third kappa shape index (κ3) is 2.53. The lowest BCUT2D eigenvalue weighted by Gasteiger charge is -2.13. The van der Waals surface area contributed by atoms with E-state index in [2.05, 4.69) is 15.9 Å². The van der Waals surface area contributed by atoms with Crippen LogP contribution in [0.25, 0.3) is 11.1 Å². The molecule has 0 fully saturated rings. The zero-order chi connectivity index (χ0) is 13.3. The zero-order valence-electron chi connectivity index (χ0n) is 8.98. The summed E-state index contributed by atoms with van der Waals surface area (Å²) in [7, 11) is 0. The van der Waals surface area contributed by atoms with Gasteiger partial charge in [0.25, 0.3) is 0 Å². The standard InChI is InChI=1S/C13H7BrCl3F/c14-6-7-2-1-3-10(18)11(7)12-8(15)4-5-9(16)13(12)17/h1-5H,6H2. The van der Waals surface area contributed by atoms with Gasteiger partial charge in [-0.1, -0.05) is 62.9 Å². The Kier molecular flexibility index (Phi) is 4.54. The van der Waals surface area contributed by atoms with E-state index < -0.39 is 0 Å². The molecule has 2 aromatic carbocycles. The predicted molar refractivity (Wildman–Crippen MR) is 79.5 cm³/mol. The summed E-state index contributed by atoms with van der Waals surface area (Å²) in [5.41, 5.74) is 1.58. The third-order valence-electron chi connectivity index (χ3n) is 2.54. The Bertz CT molecular complexity index is 599. The van der Waals surface area contributed by atoms with Crippen molar-refractivity contribution in [1.29, 1.82) is 0 Å². The van der Waals surface area contributed by atoms with E-state index in [-0.39, 0.29) is 10.8 Å². The minimum Gasteiger partial charge on any atom is -0.206 e. The Hall–Kier alpha value is -0.280. The Morgan fingerprint density at radius 2 is 1.61 bits per heavy atom. The smallest absolute Gasteiger partial charge is 0.131 e. The average Bonchev–Trinajstić information content (AvgIpc) is 2.36. The van der Waals surface area contributed by atoms with Crippen LogP contribution < -0.4 is 0 Å². The van der Waals surface area contributed by atoms with Crippen LogP contribution in [0.5, 0.6) is 0 Å². The van der Waals surface area contributed by atoms with E-state index in [1.54, 1.807) is 24.3 Å². The molecule has 94 valence electrons. The van der Waals surface area contributed by atoms with Gasteiger partial charge < -0.3 is 0 Å². The van der Waals surface area contributed by atoms with Crippen LogP contribution in [0.2, 0.25) is 15.1 Å². The van der Waals surface area contributed by atoms with Gasteiger partial charge in [-0.15, -0.1) is 0 Å². The molecule has 0 aliphatic carbocycles. The molecule has 18 heavy (non-hydrogen) atoms. The molecule has 0 aromatic heterocycles. The van der Waals surface area contributed by atoms with E-state index in [0.717, 1.165) is 5.56 Å². The number of alkyl halides is 1. The number of hydrogen-bond donors (Lipinski definition) is 0. The van der Waals surface area contributed by atoms with E-state index in [1.807, 2.05) is 0 Å². The van der Waals surface area contributed by atoms with Gasteiger partial charge in [-0.2, -0.15) is 0 Å². The summed E-state index contributed by atoms with van der Waals surface area (Å²) in [6.07, 6.45) is 0. The quantitative estimate of drug-likeness (QED) is 0.428. The minimum absolute atomic E-state index is 0.261. The highest BCUT2D eigenvalue weighted by Crippen LogP contribution is 2.41. The van der Waals surface area contributed by atoms with Gasteiger partial charge in [0.1, 0.15) is 5.82 Å². The molecule has 0 N–H and O–H groups in total. The van der Waals surface area contributed by atoms with E-state index in [4.69, 9.17) is 34.8 Å². The first-order chi connectivity index (χ1) is 8.56. The van der Waals surface area contributed by atoms with Crippen molar-refractivity contribution in [3.63, 3.8) is 0 Å². The molecule has 2 rings (SSSR count). The molecule has 0 aliphatic heterocycles. The van der Waals surface area contributed by atoms with Crippen molar-refractivity contribution >= 4 is 50.7 Å². The van der Waals surface area contributed by atoms with E-state index >= 15 is 0 Å². The average molecular weight is 368 g/mol. The molecule has 5 heteroatoms. The summed E-state index contributed by atoms with van der Waals surface area (Å²) >= 11 is 21.5. The van der Waals surface area contributed by atoms with Crippen molar-refractivity contribution in [3.8, 4) is 11.1 Å². The maximum absolute atomic E-state index is 14.0. The molecule has 0 radical (unpaired) electrons. The number of rotatable bonds is 2. The largest absolute Gasteiger partial charge is 0.206 e. The molecule has 0 spiro atoms. The van der Waals surface area contributed by atoms with Gasteiger partial charge in [0.15, 0.2) is 0 Å². The van der Waals surface area contributed by atoms with Crippen molar-refractivity contribution in [2.24, 2.45) is 0 Å². The fraction of sp³-hybridized carbons (Fsp3) is 0.0769. The van der Waals surface area contributed by atoms with E-state index in [0.29, 0.717) is 26.5 Å². The van der Waals surface area contributed by atoms with Crippen molar-refractivity contribution in [2.45, 2.75) is 5.33 Å². The second-order valence-electron chi connectivity index (χ2n) is 3.63. The van der Waals surface area contributed by atoms with Crippen LogP contribution in [0.3, 0.4) is 0 Å². The topological polar surface area (TPSA) is 0 Å². The van der Waals surface area contributed by atoms with Crippen LogP contribution in [0, 0.1) is 5.82 Å².